The summed E-state index contributed by atoms with van der Waals surface area (Å²) in [6, 6.07) is -0.796. The number of nitrogens with two attached hydrogens (primary N) is 1. The maximum absolute atomic E-state index is 10.0. The van der Waals surface area contributed by atoms with Crippen molar-refractivity contribution in [3.05, 3.63) is 11.8 Å². The van der Waals surface area contributed by atoms with Crippen LogP contribution >= 0.6 is 0 Å². The molecular formula is C5H7N2O3-. The van der Waals surface area contributed by atoms with Crippen molar-refractivity contribution in [1.82, 2.24) is 5.32 Å². The van der Waals surface area contributed by atoms with E-state index < -0.39 is 12.0 Å². The molecule has 0 aliphatic heterocycles. The fraction of sp³-hybridized carbons (Fsp3) is 0.200. The molecule has 0 radical (unpaired) electrons. The third-order valence-corrected chi connectivity index (χ3v) is 0.655. The molecule has 0 saturated carbocycles. The lowest BCUT2D eigenvalue weighted by Crippen LogP contribution is -2.29. The first-order valence-corrected chi connectivity index (χ1v) is 2.48. The van der Waals surface area contributed by atoms with E-state index in [1.54, 1.807) is 0 Å². The van der Waals surface area contributed by atoms with Gasteiger partial charge < -0.3 is 21.0 Å². The molecule has 10 heavy (non-hydrogen) atoms. The number of aliphatic carboxylic acids is 1. The van der Waals surface area contributed by atoms with E-state index in [-0.39, 0.29) is 5.70 Å². The molecule has 0 atom stereocenters. The quantitative estimate of drug-likeness (QED) is 0.451. The molecule has 5 nitrogen and oxygen atoms in total. The smallest absolute Gasteiger partial charge is 0.316 e. The fourth-order valence-corrected chi connectivity index (χ4v) is 0.407. The monoisotopic (exact) mass is 143 g/mol. The van der Waals surface area contributed by atoms with Gasteiger partial charge in [-0.05, 0) is 13.0 Å². The number of carbonyl (C=O) groups is 2. The zero-order valence-corrected chi connectivity index (χ0v) is 5.38. The van der Waals surface area contributed by atoms with Gasteiger partial charge in [0, 0.05) is 5.70 Å². The van der Waals surface area contributed by atoms with Gasteiger partial charge in [0.15, 0.2) is 0 Å². The third-order valence-electron chi connectivity index (χ3n) is 0.655. The number of hydrogen-bond donors (Lipinski definition) is 2. The molecule has 0 aliphatic carbocycles. The maximum Gasteiger partial charge on any atom is 0.316 e. The summed E-state index contributed by atoms with van der Waals surface area (Å²) in [6.07, 6.45) is 0.741. The van der Waals surface area contributed by atoms with Gasteiger partial charge in [0.1, 0.15) is 0 Å². The van der Waals surface area contributed by atoms with Crippen LogP contribution in [-0.4, -0.2) is 12.0 Å². The van der Waals surface area contributed by atoms with Gasteiger partial charge in [-0.1, -0.05) is 0 Å². The van der Waals surface area contributed by atoms with Gasteiger partial charge in [-0.15, -0.1) is 0 Å². The summed E-state index contributed by atoms with van der Waals surface area (Å²) in [5.74, 6) is -1.37. The number of carbonyl (C=O) groups excluding carboxylic acids is 2. The first kappa shape index (κ1) is 8.48. The number of carboxylic acids is 1. The first-order valence-electron chi connectivity index (χ1n) is 2.48. The highest BCUT2D eigenvalue weighted by Crippen LogP contribution is 1.82. The number of rotatable bonds is 2. The van der Waals surface area contributed by atoms with Crippen molar-refractivity contribution in [2.45, 2.75) is 6.92 Å². The fourth-order valence-electron chi connectivity index (χ4n) is 0.407. The average Bonchev–Trinajstić information content (AvgIpc) is 1.58. The molecule has 0 fully saturated rings. The number of carboxylic acid groups (broad SMARTS) is 1. The Labute approximate surface area is 57.5 Å². The van der Waals surface area contributed by atoms with Crippen LogP contribution in [0.5, 0.6) is 0 Å². The van der Waals surface area contributed by atoms with Crippen LogP contribution in [0.4, 0.5) is 4.79 Å². The lowest BCUT2D eigenvalue weighted by Gasteiger charge is -2.00. The van der Waals surface area contributed by atoms with Crippen molar-refractivity contribution in [2.24, 2.45) is 5.73 Å². The highest BCUT2D eigenvalue weighted by Gasteiger charge is 1.90. The SMILES string of the molecule is C/C(=C\C(=O)[O-])NC(N)=O. The van der Waals surface area contributed by atoms with E-state index >= 15 is 0 Å². The van der Waals surface area contributed by atoms with Crippen molar-refractivity contribution in [3.63, 3.8) is 0 Å². The Hall–Kier alpha value is -1.52. The Morgan fingerprint density at radius 3 is 2.40 bits per heavy atom. The van der Waals surface area contributed by atoms with Crippen LogP contribution in [-0.2, 0) is 4.79 Å². The Bertz CT molecular complexity index is 185. The van der Waals surface area contributed by atoms with Gasteiger partial charge in [-0.25, -0.2) is 4.79 Å². The molecule has 5 heteroatoms. The predicted molar refractivity (Wildman–Crippen MR) is 31.5 cm³/mol. The van der Waals surface area contributed by atoms with Gasteiger partial charge in [-0.2, -0.15) is 0 Å². The number of allylic oxidation sites excluding steroid dienone is 1. The molecule has 0 aromatic carbocycles. The Morgan fingerprint density at radius 1 is 1.60 bits per heavy atom. The lowest BCUT2D eigenvalue weighted by atomic mass is 10.4. The number of primary amides is 1. The van der Waals surface area contributed by atoms with Crippen molar-refractivity contribution >= 4 is 12.0 Å². The van der Waals surface area contributed by atoms with Crippen LogP contribution in [0.3, 0.4) is 0 Å². The van der Waals surface area contributed by atoms with Gasteiger partial charge in [0.2, 0.25) is 0 Å². The molecule has 56 valence electrons. The summed E-state index contributed by atoms with van der Waals surface area (Å²) in [5, 5.41) is 11.9. The normalized spacial score (nSPS) is 10.7. The van der Waals surface area contributed by atoms with Crippen molar-refractivity contribution in [2.75, 3.05) is 0 Å². The second kappa shape index (κ2) is 3.49. The standard InChI is InChI=1S/C5H8N2O3/c1-3(2-4(8)9)7-5(6)10/h2H,1H3,(H,8,9)(H3,6,7,10)/p-1/b3-2+. The lowest BCUT2D eigenvalue weighted by molar-refractivity contribution is -0.297. The molecule has 0 aliphatic rings. The Kier molecular flexibility index (Phi) is 2.96. The largest absolute Gasteiger partial charge is 0.545 e. The van der Waals surface area contributed by atoms with Gasteiger partial charge in [0.05, 0.1) is 5.97 Å². The molecule has 3 N–H and O–H groups in total. The number of amides is 2. The van der Waals surface area contributed by atoms with Crippen LogP contribution in [0.2, 0.25) is 0 Å². The average molecular weight is 143 g/mol. The number of nitrogens with one attached hydrogen (secondary N) is 1. The summed E-state index contributed by atoms with van der Waals surface area (Å²) < 4.78 is 0. The third kappa shape index (κ3) is 4.63. The van der Waals surface area contributed by atoms with Gasteiger partial charge >= 0.3 is 6.03 Å². The minimum Gasteiger partial charge on any atom is -0.545 e. The van der Waals surface area contributed by atoms with Crippen molar-refractivity contribution in [1.29, 1.82) is 0 Å². The first-order chi connectivity index (χ1) is 4.52. The zero-order chi connectivity index (χ0) is 8.15. The summed E-state index contributed by atoms with van der Waals surface area (Å²) in [4.78, 5) is 19.9. The van der Waals surface area contributed by atoms with Crippen LogP contribution in [0, 0.1) is 0 Å². The minimum absolute atomic E-state index is 0.146. The zero-order valence-electron chi connectivity index (χ0n) is 5.38. The van der Waals surface area contributed by atoms with Crippen molar-refractivity contribution in [3.8, 4) is 0 Å². The van der Waals surface area contributed by atoms with Crippen LogP contribution in [0.15, 0.2) is 11.8 Å². The van der Waals surface area contributed by atoms with E-state index in [2.05, 4.69) is 11.1 Å². The van der Waals surface area contributed by atoms with E-state index in [0.29, 0.717) is 0 Å². The van der Waals surface area contributed by atoms with E-state index in [0.717, 1.165) is 6.08 Å². The summed E-state index contributed by atoms with van der Waals surface area (Å²) in [6.45, 7) is 1.39. The second-order valence-corrected chi connectivity index (χ2v) is 1.64. The molecule has 2 amide bonds. The molecule has 0 aromatic rings. The number of hydrogen-bond acceptors (Lipinski definition) is 3. The molecule has 0 rings (SSSR count). The highest BCUT2D eigenvalue weighted by atomic mass is 16.4. The van der Waals surface area contributed by atoms with Gasteiger partial charge in [0.25, 0.3) is 0 Å². The molecule has 0 unspecified atom stereocenters. The predicted octanol–water partition coefficient (Wildman–Crippen LogP) is -1.69. The summed E-state index contributed by atoms with van der Waals surface area (Å²) in [5.41, 5.74) is 4.81. The summed E-state index contributed by atoms with van der Waals surface area (Å²) in [7, 11) is 0. The molecule has 0 aromatic heterocycles. The highest BCUT2D eigenvalue weighted by molar-refractivity contribution is 5.80. The van der Waals surface area contributed by atoms with Gasteiger partial charge in [-0.3, -0.25) is 0 Å². The molecule has 0 bridgehead atoms. The Balaban J connectivity index is 3.95. The van der Waals surface area contributed by atoms with Crippen LogP contribution in [0.1, 0.15) is 6.92 Å². The second-order valence-electron chi connectivity index (χ2n) is 1.64. The van der Waals surface area contributed by atoms with E-state index in [9.17, 15) is 14.7 Å². The number of urea groups is 1. The van der Waals surface area contributed by atoms with E-state index in [1.807, 2.05) is 0 Å². The van der Waals surface area contributed by atoms with Crippen molar-refractivity contribution < 1.29 is 14.7 Å². The molecule has 0 heterocycles. The molecular weight excluding hydrogens is 136 g/mol. The Morgan fingerprint density at radius 2 is 2.10 bits per heavy atom. The van der Waals surface area contributed by atoms with E-state index in [1.165, 1.54) is 6.92 Å². The minimum atomic E-state index is -1.37. The van der Waals surface area contributed by atoms with Crippen LogP contribution < -0.4 is 16.2 Å². The molecule has 0 saturated heterocycles. The maximum atomic E-state index is 10.0. The van der Waals surface area contributed by atoms with E-state index in [4.69, 9.17) is 0 Å². The summed E-state index contributed by atoms with van der Waals surface area (Å²) >= 11 is 0. The topological polar surface area (TPSA) is 95.2 Å². The molecule has 0 spiro atoms. The van der Waals surface area contributed by atoms with Crippen LogP contribution in [0.25, 0.3) is 0 Å².